The van der Waals surface area contributed by atoms with Crippen LogP contribution in [0.15, 0.2) is 28.6 Å². The number of hydrogen-bond acceptors (Lipinski definition) is 3. The Balaban J connectivity index is 1.92. The van der Waals surface area contributed by atoms with Crippen LogP contribution in [-0.2, 0) is 11.3 Å². The number of hydrogen-bond donors (Lipinski definition) is 1. The fourth-order valence-corrected chi connectivity index (χ4v) is 4.37. The van der Waals surface area contributed by atoms with E-state index in [0.29, 0.717) is 12.2 Å². The van der Waals surface area contributed by atoms with E-state index in [1.54, 1.807) is 17.4 Å². The Kier molecular flexibility index (Phi) is 5.00. The number of amides is 1. The largest absolute Gasteiger partial charge is 0.376 e. The van der Waals surface area contributed by atoms with E-state index in [1.807, 2.05) is 6.07 Å². The maximum atomic E-state index is 12.4. The van der Waals surface area contributed by atoms with E-state index >= 15 is 0 Å². The summed E-state index contributed by atoms with van der Waals surface area (Å²) in [5.41, 5.74) is 1.79. The molecule has 4 nitrogen and oxygen atoms in total. The molecule has 0 unspecified atom stereocenters. The molecule has 1 aliphatic heterocycles. The molecule has 2 aromatic rings. The summed E-state index contributed by atoms with van der Waals surface area (Å²) in [5.74, 6) is -0.0600. The average molecular weight is 383 g/mol. The molecule has 0 bridgehead atoms. The van der Waals surface area contributed by atoms with Gasteiger partial charge in [0.25, 0.3) is 5.91 Å². The molecule has 118 valence electrons. The summed E-state index contributed by atoms with van der Waals surface area (Å²) in [6.45, 7) is 5.66. The number of ether oxygens (including phenoxy) is 1. The Morgan fingerprint density at radius 2 is 2.41 bits per heavy atom. The second-order valence-electron chi connectivity index (χ2n) is 5.43. The van der Waals surface area contributed by atoms with Gasteiger partial charge >= 0.3 is 0 Å². The van der Waals surface area contributed by atoms with Crippen molar-refractivity contribution in [3.05, 3.63) is 34.3 Å². The van der Waals surface area contributed by atoms with Gasteiger partial charge in [0.15, 0.2) is 0 Å². The molecule has 2 aromatic heterocycles. The lowest BCUT2D eigenvalue weighted by atomic mass is 10.1. The summed E-state index contributed by atoms with van der Waals surface area (Å²) in [4.78, 5) is 12.4. The molecule has 3 heterocycles. The number of fused-ring (bicyclic) bond motifs is 1. The molecule has 1 amide bonds. The second-order valence-corrected chi connectivity index (χ2v) is 7.89. The number of halogens is 1. The minimum Gasteiger partial charge on any atom is -0.376 e. The molecule has 1 N–H and O–H groups in total. The van der Waals surface area contributed by atoms with Gasteiger partial charge in [-0.1, -0.05) is 6.08 Å². The zero-order valence-electron chi connectivity index (χ0n) is 12.3. The topological polar surface area (TPSA) is 43.3 Å². The normalized spacial score (nSPS) is 18.5. The first-order chi connectivity index (χ1) is 10.7. The van der Waals surface area contributed by atoms with Crippen LogP contribution in [0.3, 0.4) is 0 Å². The first-order valence-electron chi connectivity index (χ1n) is 7.48. The lowest BCUT2D eigenvalue weighted by Gasteiger charge is -2.24. The molecule has 0 aromatic carbocycles. The number of carbonyl (C=O) groups excluding carboxylic acids is 1. The molecule has 1 saturated heterocycles. The summed E-state index contributed by atoms with van der Waals surface area (Å²) >= 11 is 5.17. The van der Waals surface area contributed by atoms with Crippen LogP contribution in [0, 0.1) is 0 Å². The first kappa shape index (κ1) is 15.8. The van der Waals surface area contributed by atoms with Gasteiger partial charge in [0, 0.05) is 19.7 Å². The number of aromatic nitrogens is 1. The molecule has 0 radical (unpaired) electrons. The fourth-order valence-electron chi connectivity index (χ4n) is 2.81. The fraction of sp³-hybridized carbons (Fsp3) is 0.438. The predicted octanol–water partition coefficient (Wildman–Crippen LogP) is 3.95. The van der Waals surface area contributed by atoms with Crippen molar-refractivity contribution < 1.29 is 9.53 Å². The van der Waals surface area contributed by atoms with Crippen molar-refractivity contribution in [1.82, 2.24) is 9.88 Å². The van der Waals surface area contributed by atoms with Gasteiger partial charge in [-0.15, -0.1) is 17.9 Å². The SMILES string of the molecule is C=CCNC(=O)c1cc2sc(Br)cc2n1C[C@@H]1CCCCO1. The quantitative estimate of drug-likeness (QED) is 0.795. The van der Waals surface area contributed by atoms with Crippen molar-refractivity contribution in [1.29, 1.82) is 0 Å². The van der Waals surface area contributed by atoms with E-state index in [0.717, 1.165) is 40.0 Å². The Morgan fingerprint density at radius 3 is 3.14 bits per heavy atom. The van der Waals surface area contributed by atoms with Gasteiger partial charge in [0.2, 0.25) is 0 Å². The van der Waals surface area contributed by atoms with Crippen LogP contribution in [0.2, 0.25) is 0 Å². The van der Waals surface area contributed by atoms with Crippen LogP contribution in [0.25, 0.3) is 10.2 Å². The van der Waals surface area contributed by atoms with E-state index in [2.05, 4.69) is 38.5 Å². The van der Waals surface area contributed by atoms with Crippen LogP contribution >= 0.6 is 27.3 Å². The highest BCUT2D eigenvalue weighted by Gasteiger charge is 2.21. The van der Waals surface area contributed by atoms with Gasteiger partial charge in [-0.25, -0.2) is 0 Å². The van der Waals surface area contributed by atoms with Crippen molar-refractivity contribution in [2.75, 3.05) is 13.2 Å². The monoisotopic (exact) mass is 382 g/mol. The zero-order valence-corrected chi connectivity index (χ0v) is 14.7. The van der Waals surface area contributed by atoms with Crippen molar-refractivity contribution in [2.45, 2.75) is 31.9 Å². The first-order valence-corrected chi connectivity index (χ1v) is 9.09. The zero-order chi connectivity index (χ0) is 15.5. The third-order valence-corrected chi connectivity index (χ3v) is 5.43. The summed E-state index contributed by atoms with van der Waals surface area (Å²) in [6.07, 6.45) is 5.26. The number of nitrogens with zero attached hydrogens (tertiary/aromatic N) is 1. The lowest BCUT2D eigenvalue weighted by molar-refractivity contribution is 0.00638. The highest BCUT2D eigenvalue weighted by molar-refractivity contribution is 9.11. The summed E-state index contributed by atoms with van der Waals surface area (Å²) in [5, 5.41) is 2.87. The van der Waals surface area contributed by atoms with E-state index in [4.69, 9.17) is 4.74 Å². The summed E-state index contributed by atoms with van der Waals surface area (Å²) < 4.78 is 10.1. The molecule has 1 atom stereocenters. The van der Waals surface area contributed by atoms with Crippen molar-refractivity contribution >= 4 is 43.4 Å². The average Bonchev–Trinajstić information content (AvgIpc) is 3.03. The highest BCUT2D eigenvalue weighted by Crippen LogP contribution is 2.33. The maximum Gasteiger partial charge on any atom is 0.268 e. The smallest absolute Gasteiger partial charge is 0.268 e. The molecule has 0 aliphatic carbocycles. The van der Waals surface area contributed by atoms with Crippen LogP contribution in [0.5, 0.6) is 0 Å². The van der Waals surface area contributed by atoms with Gasteiger partial charge in [-0.05, 0) is 47.3 Å². The number of rotatable bonds is 5. The minimum absolute atomic E-state index is 0.0600. The lowest BCUT2D eigenvalue weighted by Crippen LogP contribution is -2.29. The maximum absolute atomic E-state index is 12.4. The molecule has 0 spiro atoms. The molecular weight excluding hydrogens is 364 g/mol. The Hall–Kier alpha value is -1.11. The molecule has 6 heteroatoms. The van der Waals surface area contributed by atoms with Crippen molar-refractivity contribution in [3.8, 4) is 0 Å². The Morgan fingerprint density at radius 1 is 1.55 bits per heavy atom. The summed E-state index contributed by atoms with van der Waals surface area (Å²) in [7, 11) is 0. The minimum atomic E-state index is -0.0600. The third kappa shape index (κ3) is 3.29. The molecule has 1 fully saturated rings. The molecule has 0 saturated carbocycles. The Bertz CT molecular complexity index is 686. The molecule has 1 aliphatic rings. The van der Waals surface area contributed by atoms with Gasteiger partial charge in [0.05, 0.1) is 20.1 Å². The second kappa shape index (κ2) is 6.98. The van der Waals surface area contributed by atoms with Gasteiger partial charge in [-0.2, -0.15) is 0 Å². The van der Waals surface area contributed by atoms with E-state index in [9.17, 15) is 4.79 Å². The van der Waals surface area contributed by atoms with Crippen molar-refractivity contribution in [2.24, 2.45) is 0 Å². The Labute approximate surface area is 142 Å². The molecule has 22 heavy (non-hydrogen) atoms. The van der Waals surface area contributed by atoms with Crippen LogP contribution < -0.4 is 5.32 Å². The van der Waals surface area contributed by atoms with Crippen LogP contribution in [-0.4, -0.2) is 29.7 Å². The van der Waals surface area contributed by atoms with Gasteiger partial charge in [-0.3, -0.25) is 4.79 Å². The van der Waals surface area contributed by atoms with E-state index in [-0.39, 0.29) is 12.0 Å². The third-order valence-electron chi connectivity index (χ3n) is 3.86. The van der Waals surface area contributed by atoms with Crippen LogP contribution in [0.1, 0.15) is 29.8 Å². The number of carbonyl (C=O) groups is 1. The summed E-state index contributed by atoms with van der Waals surface area (Å²) in [6, 6.07) is 4.04. The highest BCUT2D eigenvalue weighted by atomic mass is 79.9. The van der Waals surface area contributed by atoms with E-state index < -0.39 is 0 Å². The molecule has 3 rings (SSSR count). The number of thiophene rings is 1. The van der Waals surface area contributed by atoms with Crippen LogP contribution in [0.4, 0.5) is 0 Å². The molecular formula is C16H19BrN2O2S. The van der Waals surface area contributed by atoms with Gasteiger partial charge < -0.3 is 14.6 Å². The number of nitrogens with one attached hydrogen (secondary N) is 1. The van der Waals surface area contributed by atoms with Crippen molar-refractivity contribution in [3.63, 3.8) is 0 Å². The van der Waals surface area contributed by atoms with Gasteiger partial charge in [0.1, 0.15) is 5.69 Å². The standard InChI is InChI=1S/C16H19BrN2O2S/c1-2-6-18-16(20)13-8-14-12(9-15(17)22-14)19(13)10-11-5-3-4-7-21-11/h2,8-9,11H,1,3-7,10H2,(H,18,20)/t11-/m0/s1. The van der Waals surface area contributed by atoms with E-state index in [1.165, 1.54) is 6.42 Å². The predicted molar refractivity (Wildman–Crippen MR) is 93.6 cm³/mol.